The van der Waals surface area contributed by atoms with E-state index in [1.54, 1.807) is 6.92 Å². The number of sulfonamides is 1. The molecule has 0 saturated heterocycles. The van der Waals surface area contributed by atoms with Crippen LogP contribution in [-0.2, 0) is 10.0 Å². The maximum Gasteiger partial charge on any atom is 0.211 e. The zero-order chi connectivity index (χ0) is 9.90. The van der Waals surface area contributed by atoms with Crippen molar-refractivity contribution in [3.05, 3.63) is 0 Å². The molecule has 1 saturated carbocycles. The van der Waals surface area contributed by atoms with E-state index in [0.29, 0.717) is 18.4 Å². The average Bonchev–Trinajstić information content (AvgIpc) is 2.48. The van der Waals surface area contributed by atoms with Crippen LogP contribution in [0.3, 0.4) is 0 Å². The van der Waals surface area contributed by atoms with E-state index in [1.165, 1.54) is 19.3 Å². The molecular weight excluding hydrogens is 186 g/mol. The Kier molecular flexibility index (Phi) is 3.74. The summed E-state index contributed by atoms with van der Waals surface area (Å²) < 4.78 is 25.0. The van der Waals surface area contributed by atoms with Gasteiger partial charge in [0.15, 0.2) is 0 Å². The zero-order valence-corrected chi connectivity index (χ0v) is 9.23. The van der Waals surface area contributed by atoms with E-state index in [9.17, 15) is 8.42 Å². The van der Waals surface area contributed by atoms with Gasteiger partial charge in [-0.25, -0.2) is 13.1 Å². The van der Waals surface area contributed by atoms with Gasteiger partial charge in [0.05, 0.1) is 5.75 Å². The topological polar surface area (TPSA) is 46.2 Å². The van der Waals surface area contributed by atoms with Gasteiger partial charge in [-0.05, 0) is 25.2 Å². The third kappa shape index (κ3) is 3.27. The van der Waals surface area contributed by atoms with Crippen molar-refractivity contribution in [1.29, 1.82) is 0 Å². The van der Waals surface area contributed by atoms with E-state index in [-0.39, 0.29) is 5.75 Å². The first-order valence-corrected chi connectivity index (χ1v) is 6.67. The third-order valence-corrected chi connectivity index (χ3v) is 4.35. The predicted octanol–water partition coefficient (Wildman–Crippen LogP) is 1.36. The Morgan fingerprint density at radius 1 is 1.38 bits per heavy atom. The SMILES string of the molecule is CCS(=O)(=O)NCC1CCCC1C. The summed E-state index contributed by atoms with van der Waals surface area (Å²) in [5, 5.41) is 0. The molecule has 0 radical (unpaired) electrons. The van der Waals surface area contributed by atoms with Crippen LogP contribution in [0.4, 0.5) is 0 Å². The highest BCUT2D eigenvalue weighted by Gasteiger charge is 2.24. The highest BCUT2D eigenvalue weighted by Crippen LogP contribution is 2.30. The first kappa shape index (κ1) is 11.0. The lowest BCUT2D eigenvalue weighted by atomic mass is 9.99. The molecule has 2 unspecified atom stereocenters. The van der Waals surface area contributed by atoms with Gasteiger partial charge in [-0.3, -0.25) is 0 Å². The minimum absolute atomic E-state index is 0.189. The van der Waals surface area contributed by atoms with Crippen LogP contribution in [-0.4, -0.2) is 20.7 Å². The van der Waals surface area contributed by atoms with Crippen molar-refractivity contribution in [3.8, 4) is 0 Å². The normalized spacial score (nSPS) is 29.4. The van der Waals surface area contributed by atoms with E-state index in [2.05, 4.69) is 11.6 Å². The molecule has 0 spiro atoms. The molecule has 1 aliphatic carbocycles. The highest BCUT2D eigenvalue weighted by molar-refractivity contribution is 7.89. The van der Waals surface area contributed by atoms with Crippen LogP contribution < -0.4 is 4.72 Å². The largest absolute Gasteiger partial charge is 0.215 e. The fourth-order valence-electron chi connectivity index (χ4n) is 1.86. The lowest BCUT2D eigenvalue weighted by molar-refractivity contribution is 0.414. The zero-order valence-electron chi connectivity index (χ0n) is 8.41. The standard InChI is InChI=1S/C9H19NO2S/c1-3-13(11,12)10-7-9-6-4-5-8(9)2/h8-10H,3-7H2,1-2H3. The van der Waals surface area contributed by atoms with Crippen LogP contribution in [0.25, 0.3) is 0 Å². The maximum absolute atomic E-state index is 11.2. The summed E-state index contributed by atoms with van der Waals surface area (Å²) in [6.07, 6.45) is 3.67. The summed E-state index contributed by atoms with van der Waals surface area (Å²) in [5.74, 6) is 1.43. The van der Waals surface area contributed by atoms with Gasteiger partial charge in [0.2, 0.25) is 10.0 Å². The molecule has 0 aliphatic heterocycles. The number of hydrogen-bond donors (Lipinski definition) is 1. The number of rotatable bonds is 4. The van der Waals surface area contributed by atoms with Crippen molar-refractivity contribution in [2.24, 2.45) is 11.8 Å². The molecule has 0 aromatic carbocycles. The Morgan fingerprint density at radius 3 is 2.54 bits per heavy atom. The second kappa shape index (κ2) is 4.42. The first-order valence-electron chi connectivity index (χ1n) is 5.02. The minimum Gasteiger partial charge on any atom is -0.215 e. The van der Waals surface area contributed by atoms with E-state index in [1.807, 2.05) is 0 Å². The Labute approximate surface area is 81.0 Å². The molecule has 3 nitrogen and oxygen atoms in total. The Hall–Kier alpha value is -0.0900. The van der Waals surface area contributed by atoms with Gasteiger partial charge in [-0.15, -0.1) is 0 Å². The summed E-state index contributed by atoms with van der Waals surface area (Å²) in [6.45, 7) is 4.51. The lowest BCUT2D eigenvalue weighted by Gasteiger charge is -2.15. The molecular formula is C9H19NO2S. The van der Waals surface area contributed by atoms with Crippen LogP contribution in [0.1, 0.15) is 33.1 Å². The second-order valence-corrected chi connectivity index (χ2v) is 6.02. The Bertz CT molecular complexity index is 248. The van der Waals surface area contributed by atoms with Crippen molar-refractivity contribution < 1.29 is 8.42 Å². The van der Waals surface area contributed by atoms with Gasteiger partial charge in [0, 0.05) is 6.54 Å². The second-order valence-electron chi connectivity index (χ2n) is 3.92. The minimum atomic E-state index is -2.98. The van der Waals surface area contributed by atoms with Gasteiger partial charge in [-0.2, -0.15) is 0 Å². The van der Waals surface area contributed by atoms with E-state index in [4.69, 9.17) is 0 Å². The van der Waals surface area contributed by atoms with Gasteiger partial charge in [-0.1, -0.05) is 19.8 Å². The predicted molar refractivity (Wildman–Crippen MR) is 54.0 cm³/mol. The average molecular weight is 205 g/mol. The maximum atomic E-state index is 11.2. The molecule has 78 valence electrons. The van der Waals surface area contributed by atoms with Crippen LogP contribution in [0.15, 0.2) is 0 Å². The van der Waals surface area contributed by atoms with E-state index < -0.39 is 10.0 Å². The summed E-state index contributed by atoms with van der Waals surface area (Å²) in [4.78, 5) is 0. The van der Waals surface area contributed by atoms with E-state index >= 15 is 0 Å². The summed E-state index contributed by atoms with van der Waals surface area (Å²) in [7, 11) is -2.98. The molecule has 13 heavy (non-hydrogen) atoms. The molecule has 0 aromatic heterocycles. The Morgan fingerprint density at radius 2 is 2.08 bits per heavy atom. The smallest absolute Gasteiger partial charge is 0.211 e. The van der Waals surface area contributed by atoms with Crippen LogP contribution in [0.5, 0.6) is 0 Å². The molecule has 4 heteroatoms. The van der Waals surface area contributed by atoms with Gasteiger partial charge >= 0.3 is 0 Å². The van der Waals surface area contributed by atoms with Gasteiger partial charge in [0.25, 0.3) is 0 Å². The molecule has 1 aliphatic rings. The molecule has 1 fully saturated rings. The molecule has 0 heterocycles. The molecule has 0 amide bonds. The lowest BCUT2D eigenvalue weighted by Crippen LogP contribution is -2.31. The van der Waals surface area contributed by atoms with Crippen molar-refractivity contribution in [3.63, 3.8) is 0 Å². The Balaban J connectivity index is 2.34. The molecule has 1 N–H and O–H groups in total. The summed E-state index contributed by atoms with van der Waals surface area (Å²) >= 11 is 0. The first-order chi connectivity index (χ1) is 6.05. The van der Waals surface area contributed by atoms with Crippen LogP contribution in [0, 0.1) is 11.8 Å². The van der Waals surface area contributed by atoms with Crippen LogP contribution in [0.2, 0.25) is 0 Å². The van der Waals surface area contributed by atoms with Crippen molar-refractivity contribution in [1.82, 2.24) is 4.72 Å². The third-order valence-electron chi connectivity index (χ3n) is 2.98. The fraction of sp³-hybridized carbons (Fsp3) is 1.00. The fourth-order valence-corrected chi connectivity index (χ4v) is 2.53. The summed E-state index contributed by atoms with van der Waals surface area (Å²) in [5.41, 5.74) is 0. The quantitative estimate of drug-likeness (QED) is 0.753. The monoisotopic (exact) mass is 205 g/mol. The highest BCUT2D eigenvalue weighted by atomic mass is 32.2. The molecule has 0 bridgehead atoms. The molecule has 0 aromatic rings. The van der Waals surface area contributed by atoms with Crippen molar-refractivity contribution in [2.45, 2.75) is 33.1 Å². The summed E-state index contributed by atoms with van der Waals surface area (Å²) in [6, 6.07) is 0. The van der Waals surface area contributed by atoms with Crippen molar-refractivity contribution in [2.75, 3.05) is 12.3 Å². The number of nitrogens with one attached hydrogen (secondary N) is 1. The van der Waals surface area contributed by atoms with Gasteiger partial charge < -0.3 is 0 Å². The molecule has 2 atom stereocenters. The molecule has 1 rings (SSSR count). The van der Waals surface area contributed by atoms with Crippen molar-refractivity contribution >= 4 is 10.0 Å². The van der Waals surface area contributed by atoms with Crippen LogP contribution >= 0.6 is 0 Å². The van der Waals surface area contributed by atoms with E-state index in [0.717, 1.165) is 0 Å². The number of hydrogen-bond acceptors (Lipinski definition) is 2. The van der Waals surface area contributed by atoms with Gasteiger partial charge in [0.1, 0.15) is 0 Å².